The van der Waals surface area contributed by atoms with Gasteiger partial charge in [0, 0.05) is 30.8 Å². The molecule has 1 aliphatic heterocycles. The highest BCUT2D eigenvalue weighted by atomic mass is 32.2. The number of anilines is 2. The molecule has 2 aromatic rings. The Morgan fingerprint density at radius 1 is 1.14 bits per heavy atom. The lowest BCUT2D eigenvalue weighted by Crippen LogP contribution is -2.33. The molecule has 3 rings (SSSR count). The van der Waals surface area contributed by atoms with E-state index < -0.39 is 9.84 Å². The van der Waals surface area contributed by atoms with Crippen LogP contribution in [-0.2, 0) is 25.8 Å². The Hall–Kier alpha value is -2.67. The lowest BCUT2D eigenvalue weighted by Gasteiger charge is -2.20. The van der Waals surface area contributed by atoms with Crippen LogP contribution in [0, 0.1) is 13.8 Å². The maximum absolute atomic E-state index is 12.7. The molecule has 0 spiro atoms. The summed E-state index contributed by atoms with van der Waals surface area (Å²) in [6, 6.07) is 10.5. The highest BCUT2D eigenvalue weighted by Gasteiger charge is 2.30. The maximum Gasteiger partial charge on any atom is 0.225 e. The molecule has 1 N–H and O–H groups in total. The van der Waals surface area contributed by atoms with Gasteiger partial charge in [-0.1, -0.05) is 17.7 Å². The summed E-state index contributed by atoms with van der Waals surface area (Å²) < 4.78 is 25.5. The van der Waals surface area contributed by atoms with Gasteiger partial charge in [-0.05, 0) is 62.6 Å². The number of amides is 2. The number of hydrogen-bond donors (Lipinski definition) is 1. The van der Waals surface area contributed by atoms with Gasteiger partial charge in [0.2, 0.25) is 11.8 Å². The molecule has 7 heteroatoms. The van der Waals surface area contributed by atoms with E-state index in [1.807, 2.05) is 39.0 Å². The van der Waals surface area contributed by atoms with E-state index in [9.17, 15) is 18.0 Å². The van der Waals surface area contributed by atoms with Crippen molar-refractivity contribution >= 4 is 33.0 Å². The lowest BCUT2D eigenvalue weighted by atomic mass is 10.1. The highest BCUT2D eigenvalue weighted by molar-refractivity contribution is 7.91. The molecular formula is C22H26N2O4S. The SMILES string of the molecule is CC(=O)N1c2ccc(S(=O)(=O)CCC(=O)Nc3ccc(C)cc3C)cc2CC1C. The average Bonchev–Trinajstić information content (AvgIpc) is 2.97. The Kier molecular flexibility index (Phi) is 5.80. The van der Waals surface area contributed by atoms with Crippen LogP contribution in [0.3, 0.4) is 0 Å². The lowest BCUT2D eigenvalue weighted by molar-refractivity contribution is -0.117. The van der Waals surface area contributed by atoms with Gasteiger partial charge in [0.1, 0.15) is 0 Å². The predicted molar refractivity (Wildman–Crippen MR) is 114 cm³/mol. The summed E-state index contributed by atoms with van der Waals surface area (Å²) in [4.78, 5) is 26.0. The van der Waals surface area contributed by atoms with Gasteiger partial charge >= 0.3 is 0 Å². The summed E-state index contributed by atoms with van der Waals surface area (Å²) in [5.74, 6) is -0.665. The first kappa shape index (κ1) is 21.0. The Balaban J connectivity index is 1.69. The van der Waals surface area contributed by atoms with Crippen LogP contribution >= 0.6 is 0 Å². The minimum Gasteiger partial charge on any atom is -0.326 e. The fourth-order valence-electron chi connectivity index (χ4n) is 3.79. The van der Waals surface area contributed by atoms with Gasteiger partial charge in [0.05, 0.1) is 10.6 Å². The van der Waals surface area contributed by atoms with E-state index in [0.717, 1.165) is 22.4 Å². The zero-order chi connectivity index (χ0) is 21.3. The standard InChI is InChI=1S/C22H26N2O4S/c1-14-5-7-20(15(2)11-14)23-22(26)9-10-29(27,28)19-6-8-21-18(13-19)12-16(3)24(21)17(4)25/h5-8,11,13,16H,9-10,12H2,1-4H3,(H,23,26). The van der Waals surface area contributed by atoms with Crippen molar-refractivity contribution in [3.8, 4) is 0 Å². The molecule has 1 heterocycles. The Labute approximate surface area is 171 Å². The van der Waals surface area contributed by atoms with Crippen molar-refractivity contribution in [1.29, 1.82) is 0 Å². The van der Waals surface area contributed by atoms with Crippen LogP contribution in [0.4, 0.5) is 11.4 Å². The second-order valence-corrected chi connectivity index (χ2v) is 9.78. The molecule has 1 unspecified atom stereocenters. The second-order valence-electron chi connectivity index (χ2n) is 7.67. The maximum atomic E-state index is 12.7. The third-order valence-corrected chi connectivity index (χ3v) is 6.93. The molecule has 154 valence electrons. The number of nitrogens with zero attached hydrogens (tertiary/aromatic N) is 1. The summed E-state index contributed by atoms with van der Waals surface area (Å²) in [5, 5.41) is 2.78. The van der Waals surface area contributed by atoms with Crippen LogP contribution in [0.5, 0.6) is 0 Å². The normalized spacial score (nSPS) is 15.9. The number of carbonyl (C=O) groups excluding carboxylic acids is 2. The van der Waals surface area contributed by atoms with Gasteiger partial charge in [-0.15, -0.1) is 0 Å². The first-order valence-corrected chi connectivity index (χ1v) is 11.3. The van der Waals surface area contributed by atoms with Crippen molar-refractivity contribution in [2.24, 2.45) is 0 Å². The number of sulfone groups is 1. The molecule has 29 heavy (non-hydrogen) atoms. The van der Waals surface area contributed by atoms with E-state index in [-0.39, 0.29) is 34.9 Å². The van der Waals surface area contributed by atoms with Crippen molar-refractivity contribution < 1.29 is 18.0 Å². The first-order chi connectivity index (χ1) is 13.6. The zero-order valence-corrected chi connectivity index (χ0v) is 18.0. The van der Waals surface area contributed by atoms with Crippen LogP contribution in [-0.4, -0.2) is 32.0 Å². The van der Waals surface area contributed by atoms with Crippen molar-refractivity contribution in [3.05, 3.63) is 53.1 Å². The molecule has 1 atom stereocenters. The molecule has 0 aliphatic carbocycles. The Morgan fingerprint density at radius 3 is 2.52 bits per heavy atom. The van der Waals surface area contributed by atoms with E-state index in [0.29, 0.717) is 12.1 Å². The molecule has 0 saturated carbocycles. The number of aryl methyl sites for hydroxylation is 2. The van der Waals surface area contributed by atoms with Gasteiger partial charge in [0.25, 0.3) is 0 Å². The van der Waals surface area contributed by atoms with E-state index in [4.69, 9.17) is 0 Å². The van der Waals surface area contributed by atoms with E-state index in [1.54, 1.807) is 17.0 Å². The molecule has 0 fully saturated rings. The van der Waals surface area contributed by atoms with Crippen LogP contribution in [0.1, 0.15) is 37.0 Å². The van der Waals surface area contributed by atoms with Gasteiger partial charge in [0.15, 0.2) is 9.84 Å². The molecule has 6 nitrogen and oxygen atoms in total. The number of rotatable bonds is 5. The van der Waals surface area contributed by atoms with Gasteiger partial charge in [-0.2, -0.15) is 0 Å². The van der Waals surface area contributed by atoms with Gasteiger partial charge < -0.3 is 10.2 Å². The molecule has 2 aromatic carbocycles. The number of nitrogens with one attached hydrogen (secondary N) is 1. The van der Waals surface area contributed by atoms with Crippen molar-refractivity contribution in [2.45, 2.75) is 51.5 Å². The largest absolute Gasteiger partial charge is 0.326 e. The highest BCUT2D eigenvalue weighted by Crippen LogP contribution is 2.34. The molecule has 0 aromatic heterocycles. The number of hydrogen-bond acceptors (Lipinski definition) is 4. The average molecular weight is 415 g/mol. The van der Waals surface area contributed by atoms with E-state index in [1.165, 1.54) is 13.0 Å². The molecule has 0 radical (unpaired) electrons. The summed E-state index contributed by atoms with van der Waals surface area (Å²) in [6.07, 6.45) is 0.494. The van der Waals surface area contributed by atoms with Crippen LogP contribution in [0.25, 0.3) is 0 Å². The monoisotopic (exact) mass is 414 g/mol. The smallest absolute Gasteiger partial charge is 0.225 e. The number of carbonyl (C=O) groups is 2. The topological polar surface area (TPSA) is 83.6 Å². The molecular weight excluding hydrogens is 388 g/mol. The fourth-order valence-corrected chi connectivity index (χ4v) is 5.08. The summed E-state index contributed by atoms with van der Waals surface area (Å²) in [7, 11) is -3.61. The molecule has 1 aliphatic rings. The molecule has 0 bridgehead atoms. The molecule has 2 amide bonds. The fraction of sp³-hybridized carbons (Fsp3) is 0.364. The Morgan fingerprint density at radius 2 is 1.86 bits per heavy atom. The van der Waals surface area contributed by atoms with Crippen molar-refractivity contribution in [2.75, 3.05) is 16.0 Å². The Bertz CT molecular complexity index is 1080. The second kappa shape index (κ2) is 7.99. The number of fused-ring (bicyclic) bond motifs is 1. The first-order valence-electron chi connectivity index (χ1n) is 9.61. The summed E-state index contributed by atoms with van der Waals surface area (Å²) in [5.41, 5.74) is 4.32. The van der Waals surface area contributed by atoms with E-state index in [2.05, 4.69) is 5.32 Å². The minimum atomic E-state index is -3.61. The van der Waals surface area contributed by atoms with Crippen LogP contribution < -0.4 is 10.2 Å². The quantitative estimate of drug-likeness (QED) is 0.813. The van der Waals surface area contributed by atoms with E-state index >= 15 is 0 Å². The van der Waals surface area contributed by atoms with Crippen molar-refractivity contribution in [1.82, 2.24) is 0 Å². The predicted octanol–water partition coefficient (Wildman–Crippen LogP) is 3.40. The number of benzene rings is 2. The van der Waals surface area contributed by atoms with Gasteiger partial charge in [-0.25, -0.2) is 8.42 Å². The van der Waals surface area contributed by atoms with Crippen molar-refractivity contribution in [3.63, 3.8) is 0 Å². The summed E-state index contributed by atoms with van der Waals surface area (Å²) >= 11 is 0. The summed E-state index contributed by atoms with van der Waals surface area (Å²) in [6.45, 7) is 7.31. The van der Waals surface area contributed by atoms with Gasteiger partial charge in [-0.3, -0.25) is 9.59 Å². The third kappa shape index (κ3) is 4.50. The van der Waals surface area contributed by atoms with Crippen LogP contribution in [0.15, 0.2) is 41.3 Å². The van der Waals surface area contributed by atoms with Crippen LogP contribution in [0.2, 0.25) is 0 Å². The minimum absolute atomic E-state index is 0.00369. The molecule has 0 saturated heterocycles. The third-order valence-electron chi connectivity index (χ3n) is 5.22. The zero-order valence-electron chi connectivity index (χ0n) is 17.2.